The van der Waals surface area contributed by atoms with Gasteiger partial charge >= 0.3 is 11.0 Å². The lowest BCUT2D eigenvalue weighted by molar-refractivity contribution is -0.671. The molecule has 0 aliphatic carbocycles. The summed E-state index contributed by atoms with van der Waals surface area (Å²) in [5, 5.41) is 0. The minimum Gasteiger partial charge on any atom is -0.421 e. The van der Waals surface area contributed by atoms with E-state index in [4.69, 9.17) is 0 Å². The van der Waals surface area contributed by atoms with Gasteiger partial charge in [0.1, 0.15) is 12.4 Å². The number of sulfonamides is 2. The van der Waals surface area contributed by atoms with E-state index in [-0.39, 0.29) is 6.42 Å². The third-order valence-electron chi connectivity index (χ3n) is 2.41. The van der Waals surface area contributed by atoms with E-state index in [0.717, 1.165) is 11.1 Å². The molecule has 1 rings (SSSR count). The van der Waals surface area contributed by atoms with Gasteiger partial charge in [0.25, 0.3) is 0 Å². The molecular formula is C10H13F8N3O4S2. The van der Waals surface area contributed by atoms with Crippen LogP contribution in [0.1, 0.15) is 13.3 Å². The van der Waals surface area contributed by atoms with Crippen molar-refractivity contribution in [3.8, 4) is 0 Å². The van der Waals surface area contributed by atoms with E-state index in [0.29, 0.717) is 6.54 Å². The molecule has 0 saturated carbocycles. The Morgan fingerprint density at radius 1 is 0.926 bits per heavy atom. The second-order valence-corrected chi connectivity index (χ2v) is 8.48. The van der Waals surface area contributed by atoms with Crippen LogP contribution in [-0.2, 0) is 33.6 Å². The Hall–Kier alpha value is -1.49. The molecular weight excluding hydrogens is 442 g/mol. The van der Waals surface area contributed by atoms with Crippen molar-refractivity contribution < 1.29 is 56.5 Å². The average Bonchev–Trinajstić information content (AvgIpc) is 2.78. The fraction of sp³-hybridized carbons (Fsp3) is 0.700. The number of aryl methyl sites for hydroxylation is 2. The first-order valence-corrected chi connectivity index (χ1v) is 9.32. The second kappa shape index (κ2) is 8.26. The van der Waals surface area contributed by atoms with Crippen LogP contribution in [0.3, 0.4) is 0 Å². The van der Waals surface area contributed by atoms with E-state index >= 15 is 0 Å². The van der Waals surface area contributed by atoms with E-state index in [1.165, 1.54) is 0 Å². The van der Waals surface area contributed by atoms with E-state index in [2.05, 4.69) is 0 Å². The minimum absolute atomic E-state index is 0.109. The van der Waals surface area contributed by atoms with Crippen molar-refractivity contribution in [2.24, 2.45) is 7.05 Å². The molecule has 0 aliphatic heterocycles. The zero-order valence-electron chi connectivity index (χ0n) is 13.5. The number of alkyl halides is 8. The Kier molecular flexibility index (Phi) is 7.80. The maximum atomic E-state index is 12.4. The van der Waals surface area contributed by atoms with Gasteiger partial charge in [-0.15, -0.1) is 0 Å². The number of hydrogen-bond donors (Lipinski definition) is 0. The first-order chi connectivity index (χ1) is 11.7. The van der Waals surface area contributed by atoms with Gasteiger partial charge < -0.3 is 4.13 Å². The van der Waals surface area contributed by atoms with Gasteiger partial charge in [0.05, 0.1) is 13.6 Å². The number of imidazole rings is 1. The highest BCUT2D eigenvalue weighted by molar-refractivity contribution is 8.13. The first kappa shape index (κ1) is 25.5. The standard InChI is InChI=1S/C8H13F2N2.C2F6NO4S2/c1-8(9,10)3-4-12-6-5-11(2)7-12;3-1(4,5)14(10,11)9-15(12,13)2(6,7)8/h5-7H,3-4H2,1-2H3;/q+1;-1. The van der Waals surface area contributed by atoms with E-state index in [1.54, 1.807) is 17.1 Å². The summed E-state index contributed by atoms with van der Waals surface area (Å²) in [7, 11) is -11.6. The van der Waals surface area contributed by atoms with Crippen molar-refractivity contribution in [2.75, 3.05) is 0 Å². The van der Waals surface area contributed by atoms with Gasteiger partial charge in [-0.3, -0.25) is 0 Å². The number of halogens is 8. The van der Waals surface area contributed by atoms with Gasteiger partial charge in [-0.2, -0.15) is 26.3 Å². The molecule has 0 saturated heterocycles. The topological polar surface area (TPSA) is 91.2 Å². The average molecular weight is 455 g/mol. The molecule has 0 bridgehead atoms. The second-order valence-electron chi connectivity index (χ2n) is 5.05. The number of nitrogens with zero attached hydrogens (tertiary/aromatic N) is 3. The predicted octanol–water partition coefficient (Wildman–Crippen LogP) is 2.42. The molecule has 17 heteroatoms. The van der Waals surface area contributed by atoms with Crippen molar-refractivity contribution in [2.45, 2.75) is 36.8 Å². The highest BCUT2D eigenvalue weighted by Gasteiger charge is 2.46. The molecule has 0 radical (unpaired) electrons. The quantitative estimate of drug-likeness (QED) is 0.504. The summed E-state index contributed by atoms with van der Waals surface area (Å²) in [5.74, 6) is -2.57. The molecule has 0 N–H and O–H groups in total. The van der Waals surface area contributed by atoms with Gasteiger partial charge in [-0.1, -0.05) is 0 Å². The van der Waals surface area contributed by atoms with Crippen molar-refractivity contribution in [3.05, 3.63) is 22.8 Å². The van der Waals surface area contributed by atoms with Crippen molar-refractivity contribution in [1.82, 2.24) is 4.57 Å². The lowest BCUT2D eigenvalue weighted by atomic mass is 10.3. The first-order valence-electron chi connectivity index (χ1n) is 6.44. The summed E-state index contributed by atoms with van der Waals surface area (Å²) < 4.78 is 138. The fourth-order valence-electron chi connectivity index (χ4n) is 1.17. The molecule has 0 amide bonds. The number of hydrogen-bond acceptors (Lipinski definition) is 4. The van der Waals surface area contributed by atoms with Crippen molar-refractivity contribution in [1.29, 1.82) is 0 Å². The molecule has 1 aromatic heterocycles. The molecule has 0 spiro atoms. The molecule has 1 aromatic rings. The summed E-state index contributed by atoms with van der Waals surface area (Å²) >= 11 is 0. The molecule has 0 fully saturated rings. The number of aromatic nitrogens is 2. The van der Waals surface area contributed by atoms with E-state index in [9.17, 15) is 52.0 Å². The molecule has 0 atom stereocenters. The van der Waals surface area contributed by atoms with Gasteiger partial charge in [-0.25, -0.2) is 34.8 Å². The zero-order chi connectivity index (χ0) is 21.9. The predicted molar refractivity (Wildman–Crippen MR) is 74.2 cm³/mol. The molecule has 7 nitrogen and oxygen atoms in total. The lowest BCUT2D eigenvalue weighted by Gasteiger charge is -2.22. The van der Waals surface area contributed by atoms with Crippen LogP contribution in [0.25, 0.3) is 4.13 Å². The molecule has 0 unspecified atom stereocenters. The van der Waals surface area contributed by atoms with Crippen molar-refractivity contribution >= 4 is 20.0 Å². The highest BCUT2D eigenvalue weighted by atomic mass is 32.3. The van der Waals surface area contributed by atoms with Gasteiger partial charge in [0.15, 0.2) is 20.0 Å². The molecule has 160 valence electrons. The Morgan fingerprint density at radius 2 is 1.33 bits per heavy atom. The lowest BCUT2D eigenvalue weighted by Crippen LogP contribution is -2.30. The van der Waals surface area contributed by atoms with Crippen LogP contribution in [0.5, 0.6) is 0 Å². The third kappa shape index (κ3) is 8.83. The zero-order valence-corrected chi connectivity index (χ0v) is 15.1. The van der Waals surface area contributed by atoms with Crippen LogP contribution in [0.2, 0.25) is 0 Å². The maximum absolute atomic E-state index is 12.4. The molecule has 0 aliphatic rings. The van der Waals surface area contributed by atoms with Gasteiger partial charge in [-0.05, 0) is 6.92 Å². The molecule has 1 heterocycles. The Morgan fingerprint density at radius 3 is 1.59 bits per heavy atom. The summed E-state index contributed by atoms with van der Waals surface area (Å²) in [6, 6.07) is 0. The highest BCUT2D eigenvalue weighted by Crippen LogP contribution is 2.36. The van der Waals surface area contributed by atoms with Crippen LogP contribution >= 0.6 is 0 Å². The van der Waals surface area contributed by atoms with Crippen LogP contribution in [0.15, 0.2) is 18.7 Å². The van der Waals surface area contributed by atoms with Crippen LogP contribution in [0, 0.1) is 0 Å². The Balaban J connectivity index is 0.000000511. The van der Waals surface area contributed by atoms with Crippen LogP contribution in [0.4, 0.5) is 35.1 Å². The smallest absolute Gasteiger partial charge is 0.421 e. The maximum Gasteiger partial charge on any atom is 0.480 e. The van der Waals surface area contributed by atoms with Crippen LogP contribution in [-0.4, -0.2) is 38.3 Å². The summed E-state index contributed by atoms with van der Waals surface area (Å²) in [6.07, 6.45) is 5.28. The molecule has 0 aromatic carbocycles. The van der Waals surface area contributed by atoms with E-state index < -0.39 is 37.0 Å². The largest absolute Gasteiger partial charge is 0.480 e. The third-order valence-corrected chi connectivity index (χ3v) is 5.15. The fourth-order valence-corrected chi connectivity index (χ4v) is 2.88. The Bertz CT molecular complexity index is 780. The Labute approximate surface area is 148 Å². The minimum atomic E-state index is -6.72. The normalized spacial score (nSPS) is 13.9. The summed E-state index contributed by atoms with van der Waals surface area (Å²) in [5.41, 5.74) is -12.4. The van der Waals surface area contributed by atoms with Gasteiger partial charge in [0, 0.05) is 6.42 Å². The van der Waals surface area contributed by atoms with Crippen LogP contribution < -0.4 is 4.57 Å². The van der Waals surface area contributed by atoms with Gasteiger partial charge in [0.2, 0.25) is 12.2 Å². The van der Waals surface area contributed by atoms with E-state index in [1.807, 2.05) is 17.8 Å². The monoisotopic (exact) mass is 455 g/mol. The summed E-state index contributed by atoms with van der Waals surface area (Å²) in [4.78, 5) is 0. The summed E-state index contributed by atoms with van der Waals surface area (Å²) in [6.45, 7) is 1.31. The van der Waals surface area contributed by atoms with Crippen molar-refractivity contribution in [3.63, 3.8) is 0 Å². The number of rotatable bonds is 5. The SMILES string of the molecule is C[n+]1ccn(CCC(C)(F)F)c1.O=S(=O)([N-]S(=O)(=O)C(F)(F)F)C(F)(F)F. The molecule has 27 heavy (non-hydrogen) atoms.